The molecule has 7 heteroatoms. The molecular formula is C15H22N4O2S. The van der Waals surface area contributed by atoms with Crippen LogP contribution in [0.3, 0.4) is 0 Å². The predicted octanol–water partition coefficient (Wildman–Crippen LogP) is 1.21. The van der Waals surface area contributed by atoms with E-state index in [1.54, 1.807) is 0 Å². The highest BCUT2D eigenvalue weighted by atomic mass is 32.2. The molecule has 0 amide bonds. The first-order valence-electron chi connectivity index (χ1n) is 7.16. The van der Waals surface area contributed by atoms with E-state index in [-0.39, 0.29) is 5.75 Å². The quantitative estimate of drug-likeness (QED) is 0.484. The lowest BCUT2D eigenvalue weighted by Crippen LogP contribution is -2.32. The molecule has 1 aromatic carbocycles. The normalized spacial score (nSPS) is 17.5. The summed E-state index contributed by atoms with van der Waals surface area (Å²) in [7, 11) is -3.13. The van der Waals surface area contributed by atoms with Gasteiger partial charge in [0.15, 0.2) is 5.96 Å². The van der Waals surface area contributed by atoms with Gasteiger partial charge in [-0.25, -0.2) is 13.4 Å². The summed E-state index contributed by atoms with van der Waals surface area (Å²) in [6.07, 6.45) is 0.680. The van der Waals surface area contributed by atoms with Gasteiger partial charge in [0.1, 0.15) is 0 Å². The number of guanidine groups is 1. The standard InChI is InChI=1S/C15H22N4O2S/c1-12(2)10-17-15(16)18-11-13-4-6-14(7-5-13)19-8-3-9-22(19,20)21/h4-7H,1,3,8-11H2,2H3,(H3,16,17,18). The third kappa shape index (κ3) is 4.24. The van der Waals surface area contributed by atoms with Crippen molar-refractivity contribution in [1.82, 2.24) is 5.32 Å². The second kappa shape index (κ2) is 6.83. The largest absolute Gasteiger partial charge is 0.370 e. The van der Waals surface area contributed by atoms with Gasteiger partial charge >= 0.3 is 0 Å². The Labute approximate surface area is 131 Å². The Hall–Kier alpha value is -2.02. The second-order valence-electron chi connectivity index (χ2n) is 5.42. The first-order valence-corrected chi connectivity index (χ1v) is 8.77. The monoisotopic (exact) mass is 322 g/mol. The Morgan fingerprint density at radius 3 is 2.64 bits per heavy atom. The molecule has 0 unspecified atom stereocenters. The van der Waals surface area contributed by atoms with Crippen LogP contribution >= 0.6 is 0 Å². The first-order chi connectivity index (χ1) is 10.4. The summed E-state index contributed by atoms with van der Waals surface area (Å²) in [5.74, 6) is 0.596. The van der Waals surface area contributed by atoms with Crippen LogP contribution < -0.4 is 15.4 Å². The molecule has 0 aromatic heterocycles. The number of rotatable bonds is 5. The summed E-state index contributed by atoms with van der Waals surface area (Å²) in [5, 5.41) is 2.96. The van der Waals surface area contributed by atoms with E-state index in [1.807, 2.05) is 31.2 Å². The van der Waals surface area contributed by atoms with Crippen molar-refractivity contribution in [2.24, 2.45) is 10.7 Å². The zero-order valence-corrected chi connectivity index (χ0v) is 13.6. The zero-order chi connectivity index (χ0) is 16.2. The zero-order valence-electron chi connectivity index (χ0n) is 12.7. The number of benzene rings is 1. The number of nitrogens with two attached hydrogens (primary N) is 1. The molecule has 0 saturated carbocycles. The number of anilines is 1. The Morgan fingerprint density at radius 1 is 1.41 bits per heavy atom. The molecule has 6 nitrogen and oxygen atoms in total. The minimum atomic E-state index is -3.13. The molecule has 3 N–H and O–H groups in total. The van der Waals surface area contributed by atoms with Crippen LogP contribution in [0.1, 0.15) is 18.9 Å². The Morgan fingerprint density at radius 2 is 2.09 bits per heavy atom. The van der Waals surface area contributed by atoms with Crippen molar-refractivity contribution >= 4 is 21.7 Å². The summed E-state index contributed by atoms with van der Waals surface area (Å²) in [5.41, 5.74) is 8.41. The van der Waals surface area contributed by atoms with Crippen LogP contribution in [0.25, 0.3) is 0 Å². The molecule has 1 saturated heterocycles. The highest BCUT2D eigenvalue weighted by Gasteiger charge is 2.28. The van der Waals surface area contributed by atoms with Crippen molar-refractivity contribution in [2.75, 3.05) is 23.1 Å². The van der Waals surface area contributed by atoms with Gasteiger partial charge in [-0.05, 0) is 31.0 Å². The number of hydrogen-bond donors (Lipinski definition) is 2. The summed E-state index contributed by atoms with van der Waals surface area (Å²) < 4.78 is 25.2. The molecule has 1 heterocycles. The first kappa shape index (κ1) is 16.4. The number of aliphatic imine (C=N–C) groups is 1. The minimum Gasteiger partial charge on any atom is -0.370 e. The van der Waals surface area contributed by atoms with E-state index in [2.05, 4.69) is 16.9 Å². The molecule has 120 valence electrons. The van der Waals surface area contributed by atoms with E-state index in [9.17, 15) is 8.42 Å². The Balaban J connectivity index is 1.98. The molecule has 0 aliphatic carbocycles. The van der Waals surface area contributed by atoms with Crippen LogP contribution in [0.15, 0.2) is 41.4 Å². The third-order valence-corrected chi connectivity index (χ3v) is 5.20. The molecule has 2 rings (SSSR count). The molecule has 0 atom stereocenters. The summed E-state index contributed by atoms with van der Waals surface area (Å²) in [6.45, 7) is 7.28. The predicted molar refractivity (Wildman–Crippen MR) is 90.3 cm³/mol. The molecule has 1 aliphatic heterocycles. The number of nitrogens with zero attached hydrogens (tertiary/aromatic N) is 2. The van der Waals surface area contributed by atoms with E-state index in [4.69, 9.17) is 5.73 Å². The maximum Gasteiger partial charge on any atom is 0.235 e. The smallest absolute Gasteiger partial charge is 0.235 e. The van der Waals surface area contributed by atoms with Gasteiger partial charge in [0.05, 0.1) is 18.0 Å². The summed E-state index contributed by atoms with van der Waals surface area (Å²) >= 11 is 0. The van der Waals surface area contributed by atoms with Crippen molar-refractivity contribution in [3.05, 3.63) is 42.0 Å². The highest BCUT2D eigenvalue weighted by Crippen LogP contribution is 2.24. The van der Waals surface area contributed by atoms with E-state index < -0.39 is 10.0 Å². The Kier molecular flexibility index (Phi) is 5.07. The fourth-order valence-electron chi connectivity index (χ4n) is 2.17. The van der Waals surface area contributed by atoms with Gasteiger partial charge in [-0.15, -0.1) is 0 Å². The fourth-order valence-corrected chi connectivity index (χ4v) is 3.74. The molecule has 1 aliphatic rings. The van der Waals surface area contributed by atoms with Crippen LogP contribution in [0.5, 0.6) is 0 Å². The third-order valence-electron chi connectivity index (χ3n) is 3.33. The lowest BCUT2D eigenvalue weighted by Gasteiger charge is -2.16. The number of sulfonamides is 1. The fraction of sp³-hybridized carbons (Fsp3) is 0.400. The van der Waals surface area contributed by atoms with Crippen LogP contribution in [0.2, 0.25) is 0 Å². The van der Waals surface area contributed by atoms with Crippen LogP contribution in [0, 0.1) is 0 Å². The van der Waals surface area contributed by atoms with Gasteiger partial charge in [0.25, 0.3) is 0 Å². The molecule has 22 heavy (non-hydrogen) atoms. The van der Waals surface area contributed by atoms with Crippen LogP contribution in [0.4, 0.5) is 5.69 Å². The molecule has 0 spiro atoms. The molecule has 1 aromatic rings. The van der Waals surface area contributed by atoms with Gasteiger partial charge in [-0.3, -0.25) is 4.31 Å². The van der Waals surface area contributed by atoms with E-state index >= 15 is 0 Å². The maximum atomic E-state index is 11.9. The van der Waals surface area contributed by atoms with Gasteiger partial charge < -0.3 is 11.1 Å². The lowest BCUT2D eigenvalue weighted by molar-refractivity contribution is 0.599. The summed E-state index contributed by atoms with van der Waals surface area (Å²) in [6, 6.07) is 7.37. The van der Waals surface area contributed by atoms with E-state index in [0.29, 0.717) is 37.7 Å². The van der Waals surface area contributed by atoms with Crippen molar-refractivity contribution in [1.29, 1.82) is 0 Å². The van der Waals surface area contributed by atoms with Crippen LogP contribution in [-0.2, 0) is 16.6 Å². The molecule has 1 fully saturated rings. The number of hydrogen-bond acceptors (Lipinski definition) is 3. The minimum absolute atomic E-state index is 0.226. The maximum absolute atomic E-state index is 11.9. The molecule has 0 bridgehead atoms. The van der Waals surface area contributed by atoms with Crippen molar-refractivity contribution < 1.29 is 8.42 Å². The van der Waals surface area contributed by atoms with Gasteiger partial charge in [0, 0.05) is 13.1 Å². The van der Waals surface area contributed by atoms with Crippen molar-refractivity contribution in [3.8, 4) is 0 Å². The van der Waals surface area contributed by atoms with Gasteiger partial charge in [0.2, 0.25) is 10.0 Å². The SMILES string of the molecule is C=C(C)CNC(N)=NCc1ccc(N2CCCS2(=O)=O)cc1. The summed E-state index contributed by atoms with van der Waals surface area (Å²) in [4.78, 5) is 4.23. The lowest BCUT2D eigenvalue weighted by atomic mass is 10.2. The van der Waals surface area contributed by atoms with Crippen LogP contribution in [-0.4, -0.2) is 33.2 Å². The van der Waals surface area contributed by atoms with Gasteiger partial charge in [-0.2, -0.15) is 0 Å². The van der Waals surface area contributed by atoms with Crippen molar-refractivity contribution in [2.45, 2.75) is 19.9 Å². The average Bonchev–Trinajstić information content (AvgIpc) is 2.83. The number of nitrogens with one attached hydrogen (secondary N) is 1. The van der Waals surface area contributed by atoms with E-state index in [1.165, 1.54) is 4.31 Å². The van der Waals surface area contributed by atoms with Gasteiger partial charge in [-0.1, -0.05) is 24.3 Å². The average molecular weight is 322 g/mol. The topological polar surface area (TPSA) is 87.8 Å². The molecular weight excluding hydrogens is 300 g/mol. The highest BCUT2D eigenvalue weighted by molar-refractivity contribution is 7.93. The Bertz CT molecular complexity index is 665. The van der Waals surface area contributed by atoms with Crippen molar-refractivity contribution in [3.63, 3.8) is 0 Å². The second-order valence-corrected chi connectivity index (χ2v) is 7.43. The van der Waals surface area contributed by atoms with E-state index in [0.717, 1.165) is 11.1 Å². The molecule has 0 radical (unpaired) electrons.